The number of rotatable bonds is 1. The van der Waals surface area contributed by atoms with Gasteiger partial charge in [-0.1, -0.05) is 0 Å². The largest absolute Gasteiger partial charge is 0.412 e. The van der Waals surface area contributed by atoms with Crippen molar-refractivity contribution >= 4 is 12.6 Å². The predicted molar refractivity (Wildman–Crippen MR) is 21.8 cm³/mol. The number of primary amides is 1. The standard InChI is InChI=1S/C2H3NO3.H3N/c3-2(5)6-1-4;/h1H,(H2,3,5);1H3. The molecule has 0 aliphatic carbocycles. The average Bonchev–Trinajstić information content (AvgIpc) is 1.35. The summed E-state index contributed by atoms with van der Waals surface area (Å²) in [5.41, 5.74) is 4.31. The maximum atomic E-state index is 9.37. The summed E-state index contributed by atoms with van der Waals surface area (Å²) in [6, 6.07) is 0. The first-order chi connectivity index (χ1) is 2.77. The fourth-order valence-electron chi connectivity index (χ4n) is 0.0474. The molecule has 7 heavy (non-hydrogen) atoms. The highest BCUT2D eigenvalue weighted by molar-refractivity contribution is 5.72. The van der Waals surface area contributed by atoms with Crippen molar-refractivity contribution < 1.29 is 14.3 Å². The molecule has 5 nitrogen and oxygen atoms in total. The molecular weight excluding hydrogens is 100 g/mol. The third kappa shape index (κ3) is 11.4. The van der Waals surface area contributed by atoms with Gasteiger partial charge in [0.15, 0.2) is 0 Å². The van der Waals surface area contributed by atoms with Gasteiger partial charge in [0, 0.05) is 0 Å². The maximum Gasteiger partial charge on any atom is 0.412 e. The van der Waals surface area contributed by atoms with E-state index in [1.807, 2.05) is 0 Å². The lowest BCUT2D eigenvalue weighted by Crippen LogP contribution is -2.10. The Bertz CT molecular complexity index is 71.3. The van der Waals surface area contributed by atoms with E-state index in [0.717, 1.165) is 0 Å². The summed E-state index contributed by atoms with van der Waals surface area (Å²) in [6.45, 7) is -0.0255. The van der Waals surface area contributed by atoms with E-state index in [-0.39, 0.29) is 12.6 Å². The van der Waals surface area contributed by atoms with Crippen LogP contribution in [0.25, 0.3) is 0 Å². The van der Waals surface area contributed by atoms with E-state index in [0.29, 0.717) is 0 Å². The molecule has 0 aliphatic rings. The molecule has 5 heteroatoms. The van der Waals surface area contributed by atoms with Gasteiger partial charge in [-0.25, -0.2) is 4.79 Å². The number of ether oxygens (including phenoxy) is 1. The number of carbonyl (C=O) groups excluding carboxylic acids is 2. The molecule has 0 aromatic heterocycles. The van der Waals surface area contributed by atoms with E-state index in [1.165, 1.54) is 0 Å². The summed E-state index contributed by atoms with van der Waals surface area (Å²) in [5, 5.41) is 0. The zero-order valence-corrected chi connectivity index (χ0v) is 3.59. The van der Waals surface area contributed by atoms with Gasteiger partial charge in [-0.05, 0) is 0 Å². The van der Waals surface area contributed by atoms with Crippen molar-refractivity contribution in [2.75, 3.05) is 0 Å². The van der Waals surface area contributed by atoms with Crippen LogP contribution in [0.15, 0.2) is 0 Å². The maximum absolute atomic E-state index is 9.37. The Labute approximate surface area is 40.0 Å². The third-order valence-electron chi connectivity index (χ3n) is 0.164. The van der Waals surface area contributed by atoms with Crippen LogP contribution in [0, 0.1) is 0 Å². The van der Waals surface area contributed by atoms with Crippen LogP contribution in [-0.4, -0.2) is 12.6 Å². The first-order valence-electron chi connectivity index (χ1n) is 1.17. The van der Waals surface area contributed by atoms with E-state index in [4.69, 9.17) is 4.79 Å². The highest BCUT2D eigenvalue weighted by Gasteiger charge is 1.83. The van der Waals surface area contributed by atoms with E-state index in [1.54, 1.807) is 0 Å². The van der Waals surface area contributed by atoms with Crippen LogP contribution >= 0.6 is 0 Å². The van der Waals surface area contributed by atoms with Crippen molar-refractivity contribution in [2.45, 2.75) is 0 Å². The quantitative estimate of drug-likeness (QED) is 0.344. The Morgan fingerprint density at radius 1 is 1.71 bits per heavy atom. The Morgan fingerprint density at radius 2 is 2.14 bits per heavy atom. The van der Waals surface area contributed by atoms with Crippen LogP contribution in [0.1, 0.15) is 0 Å². The number of hydrogen-bond acceptors (Lipinski definition) is 4. The monoisotopic (exact) mass is 106 g/mol. The minimum absolute atomic E-state index is 0. The van der Waals surface area contributed by atoms with Crippen LogP contribution in [0.3, 0.4) is 0 Å². The highest BCUT2D eigenvalue weighted by atomic mass is 16.6. The Hall–Kier alpha value is -1.10. The SMILES string of the molecule is N.NC(=O)OC=O. The molecule has 0 heterocycles. The summed E-state index contributed by atoms with van der Waals surface area (Å²) in [4.78, 5) is 18.5. The molecule has 5 N–H and O–H groups in total. The highest BCUT2D eigenvalue weighted by Crippen LogP contribution is 1.57. The van der Waals surface area contributed by atoms with Crippen molar-refractivity contribution in [1.82, 2.24) is 6.15 Å². The van der Waals surface area contributed by atoms with Gasteiger partial charge in [0.1, 0.15) is 0 Å². The lowest BCUT2D eigenvalue weighted by molar-refractivity contribution is -0.123. The smallest absolute Gasteiger partial charge is 0.379 e. The van der Waals surface area contributed by atoms with Crippen LogP contribution in [0.5, 0.6) is 0 Å². The Morgan fingerprint density at radius 3 is 2.14 bits per heavy atom. The number of amides is 1. The van der Waals surface area contributed by atoms with Crippen molar-refractivity contribution in [3.05, 3.63) is 0 Å². The number of carbonyl (C=O) groups is 2. The van der Waals surface area contributed by atoms with Crippen LogP contribution in [0.2, 0.25) is 0 Å². The zero-order chi connectivity index (χ0) is 4.99. The molecule has 0 bridgehead atoms. The Kier molecular flexibility index (Phi) is 6.52. The minimum atomic E-state index is -1.08. The molecule has 0 aromatic rings. The number of hydrogen-bond donors (Lipinski definition) is 2. The molecule has 0 aromatic carbocycles. The molecule has 42 valence electrons. The fourth-order valence-corrected chi connectivity index (χ4v) is 0.0474. The second-order valence-electron chi connectivity index (χ2n) is 0.533. The summed E-state index contributed by atoms with van der Waals surface area (Å²) in [6.07, 6.45) is -1.08. The molecule has 0 saturated carbocycles. The van der Waals surface area contributed by atoms with E-state index in [2.05, 4.69) is 10.5 Å². The second kappa shape index (κ2) is 4.90. The molecule has 0 saturated heterocycles. The first-order valence-corrected chi connectivity index (χ1v) is 1.17. The van der Waals surface area contributed by atoms with Crippen molar-refractivity contribution in [1.29, 1.82) is 0 Å². The van der Waals surface area contributed by atoms with Gasteiger partial charge < -0.3 is 16.6 Å². The van der Waals surface area contributed by atoms with Crippen LogP contribution in [-0.2, 0) is 9.53 Å². The summed E-state index contributed by atoms with van der Waals surface area (Å²) >= 11 is 0. The molecule has 0 aliphatic heterocycles. The lowest BCUT2D eigenvalue weighted by Gasteiger charge is -1.79. The Balaban J connectivity index is 0. The predicted octanol–water partition coefficient (Wildman–Crippen LogP) is -0.600. The van der Waals surface area contributed by atoms with Gasteiger partial charge in [0.25, 0.3) is 0 Å². The molecule has 0 radical (unpaired) electrons. The molecule has 0 fully saturated rings. The molecule has 0 rings (SSSR count). The molecule has 0 spiro atoms. The summed E-state index contributed by atoms with van der Waals surface area (Å²) < 4.78 is 3.50. The van der Waals surface area contributed by atoms with Crippen molar-refractivity contribution in [3.8, 4) is 0 Å². The summed E-state index contributed by atoms with van der Waals surface area (Å²) in [5.74, 6) is 0. The average molecular weight is 106 g/mol. The van der Waals surface area contributed by atoms with E-state index in [9.17, 15) is 4.79 Å². The zero-order valence-electron chi connectivity index (χ0n) is 3.59. The van der Waals surface area contributed by atoms with Crippen LogP contribution < -0.4 is 11.9 Å². The lowest BCUT2D eigenvalue weighted by atomic mass is 11.2. The molecule has 0 unspecified atom stereocenters. The van der Waals surface area contributed by atoms with E-state index >= 15 is 0 Å². The van der Waals surface area contributed by atoms with Gasteiger partial charge in [-0.3, -0.25) is 4.79 Å². The normalized spacial score (nSPS) is 5.71. The van der Waals surface area contributed by atoms with Gasteiger partial charge in [-0.15, -0.1) is 0 Å². The van der Waals surface area contributed by atoms with Crippen LogP contribution in [0.4, 0.5) is 4.79 Å². The van der Waals surface area contributed by atoms with Crippen molar-refractivity contribution in [3.63, 3.8) is 0 Å². The molecule has 1 amide bonds. The topological polar surface area (TPSA) is 104 Å². The molecule has 0 atom stereocenters. The molecular formula is C2H6N2O3. The number of nitrogens with two attached hydrogens (primary N) is 1. The van der Waals surface area contributed by atoms with Crippen molar-refractivity contribution in [2.24, 2.45) is 5.73 Å². The minimum Gasteiger partial charge on any atom is -0.379 e. The second-order valence-corrected chi connectivity index (χ2v) is 0.533. The third-order valence-corrected chi connectivity index (χ3v) is 0.164. The van der Waals surface area contributed by atoms with Gasteiger partial charge in [0.2, 0.25) is 0 Å². The van der Waals surface area contributed by atoms with E-state index < -0.39 is 6.09 Å². The summed E-state index contributed by atoms with van der Waals surface area (Å²) in [7, 11) is 0. The van der Waals surface area contributed by atoms with Gasteiger partial charge in [0.05, 0.1) is 0 Å². The fraction of sp³-hybridized carbons (Fsp3) is 0. The van der Waals surface area contributed by atoms with Gasteiger partial charge in [-0.2, -0.15) is 0 Å². The van der Waals surface area contributed by atoms with Gasteiger partial charge >= 0.3 is 12.6 Å². The first kappa shape index (κ1) is 9.31.